The Bertz CT molecular complexity index is 924. The lowest BCUT2D eigenvalue weighted by molar-refractivity contribution is -0.130. The molecular weight excluding hydrogens is 336 g/mol. The molecule has 0 aliphatic heterocycles. The number of ketones is 1. The van der Waals surface area contributed by atoms with Gasteiger partial charge in [-0.2, -0.15) is 0 Å². The summed E-state index contributed by atoms with van der Waals surface area (Å²) in [6, 6.07) is 7.59. The molecule has 2 aromatic rings. The molecule has 3 atom stereocenters. The number of allylic oxidation sites excluding steroid dienone is 6. The molecule has 2 aliphatic rings. The smallest absolute Gasteiger partial charge is 0.143 e. The maximum atomic E-state index is 12.8. The first-order valence-corrected chi connectivity index (χ1v) is 9.36. The molecule has 0 aromatic carbocycles. The highest BCUT2D eigenvalue weighted by Crippen LogP contribution is 2.59. The van der Waals surface area contributed by atoms with E-state index < -0.39 is 0 Å². The van der Waals surface area contributed by atoms with Crippen LogP contribution < -0.4 is 0 Å². The second kappa shape index (κ2) is 6.73. The molecule has 1 fully saturated rings. The Balaban J connectivity index is 1.58. The Morgan fingerprint density at radius 3 is 2.33 bits per heavy atom. The molecule has 1 saturated carbocycles. The summed E-state index contributed by atoms with van der Waals surface area (Å²) in [6.45, 7) is 4.34. The summed E-state index contributed by atoms with van der Waals surface area (Å²) in [7, 11) is 0. The van der Waals surface area contributed by atoms with Gasteiger partial charge in [-0.1, -0.05) is 37.3 Å². The Labute approximate surface area is 159 Å². The number of rotatable bonds is 5. The predicted octanol–water partition coefficient (Wildman–Crippen LogP) is 6.09. The van der Waals surface area contributed by atoms with Gasteiger partial charge in [-0.3, -0.25) is 4.79 Å². The van der Waals surface area contributed by atoms with Gasteiger partial charge < -0.3 is 8.83 Å². The zero-order valence-corrected chi connectivity index (χ0v) is 15.7. The summed E-state index contributed by atoms with van der Waals surface area (Å²) in [5.74, 6) is 2.13. The SMILES string of the molecule is C[C@@]12C=C(/C=C/C=C/c3ccco3)[C@@](C)(C1)[C@H](/C=C/c1ccco1)CC2=O. The van der Waals surface area contributed by atoms with Gasteiger partial charge in [-0.15, -0.1) is 0 Å². The topological polar surface area (TPSA) is 43.4 Å². The summed E-state index contributed by atoms with van der Waals surface area (Å²) in [5, 5.41) is 0. The van der Waals surface area contributed by atoms with Crippen LogP contribution >= 0.6 is 0 Å². The zero-order chi connectivity index (χ0) is 18.9. The molecular formula is C24H24O3. The molecule has 138 valence electrons. The van der Waals surface area contributed by atoms with Gasteiger partial charge in [0.2, 0.25) is 0 Å². The van der Waals surface area contributed by atoms with Crippen molar-refractivity contribution in [1.82, 2.24) is 0 Å². The number of Topliss-reactive ketones (excluding diaryl/α,β-unsaturated/α-hetero) is 1. The highest BCUT2D eigenvalue weighted by molar-refractivity contribution is 5.90. The van der Waals surface area contributed by atoms with Crippen LogP contribution in [0.2, 0.25) is 0 Å². The standard InChI is InChI=1S/C24H24O3/c1-23-16-19(7-3-4-8-20-9-5-13-26-20)24(2,17-23)18(15-22(23)25)11-12-21-10-6-14-27-21/h3-14,16,18H,15,17H2,1-2H3/b7-3+,8-4+,12-11+/t18-,23-,24+/m1/s1. The fourth-order valence-corrected chi connectivity index (χ4v) is 4.42. The van der Waals surface area contributed by atoms with Crippen LogP contribution in [0.1, 0.15) is 38.2 Å². The third-order valence-corrected chi connectivity index (χ3v) is 5.96. The van der Waals surface area contributed by atoms with E-state index in [2.05, 4.69) is 32.1 Å². The van der Waals surface area contributed by atoms with Gasteiger partial charge in [-0.05, 0) is 61.3 Å². The molecule has 3 nitrogen and oxygen atoms in total. The van der Waals surface area contributed by atoms with Gasteiger partial charge in [-0.25, -0.2) is 0 Å². The van der Waals surface area contributed by atoms with Gasteiger partial charge in [0.25, 0.3) is 0 Å². The first-order chi connectivity index (χ1) is 13.0. The predicted molar refractivity (Wildman–Crippen MR) is 107 cm³/mol. The fraction of sp³-hybridized carbons (Fsp3) is 0.292. The monoisotopic (exact) mass is 360 g/mol. The van der Waals surface area contributed by atoms with Crippen LogP contribution in [0.3, 0.4) is 0 Å². The first kappa shape index (κ1) is 17.6. The molecule has 2 aromatic heterocycles. The van der Waals surface area contributed by atoms with E-state index >= 15 is 0 Å². The van der Waals surface area contributed by atoms with Gasteiger partial charge in [0.15, 0.2) is 0 Å². The van der Waals surface area contributed by atoms with E-state index in [0.29, 0.717) is 12.2 Å². The summed E-state index contributed by atoms with van der Waals surface area (Å²) >= 11 is 0. The van der Waals surface area contributed by atoms with E-state index in [1.807, 2.05) is 48.6 Å². The first-order valence-electron chi connectivity index (χ1n) is 9.36. The molecule has 0 amide bonds. The minimum Gasteiger partial charge on any atom is -0.465 e. The highest BCUT2D eigenvalue weighted by atomic mass is 16.3. The van der Waals surface area contributed by atoms with E-state index in [1.165, 1.54) is 5.57 Å². The number of furan rings is 2. The summed E-state index contributed by atoms with van der Waals surface area (Å²) < 4.78 is 10.7. The molecule has 0 N–H and O–H groups in total. The number of carbonyl (C=O) groups excluding carboxylic acids is 1. The van der Waals surface area contributed by atoms with Crippen LogP contribution in [-0.4, -0.2) is 5.78 Å². The molecule has 0 saturated heterocycles. The Morgan fingerprint density at radius 2 is 1.67 bits per heavy atom. The Morgan fingerprint density at radius 1 is 1.00 bits per heavy atom. The van der Waals surface area contributed by atoms with Crippen molar-refractivity contribution in [3.8, 4) is 0 Å². The lowest BCUT2D eigenvalue weighted by Crippen LogP contribution is -2.39. The van der Waals surface area contributed by atoms with Gasteiger partial charge in [0.05, 0.1) is 12.5 Å². The van der Waals surface area contributed by atoms with Crippen molar-refractivity contribution < 1.29 is 13.6 Å². The van der Waals surface area contributed by atoms with E-state index in [0.717, 1.165) is 17.9 Å². The van der Waals surface area contributed by atoms with Crippen LogP contribution in [0.4, 0.5) is 0 Å². The van der Waals surface area contributed by atoms with Crippen molar-refractivity contribution in [3.05, 3.63) is 84.3 Å². The normalized spacial score (nSPS) is 30.8. The molecule has 2 aliphatic carbocycles. The van der Waals surface area contributed by atoms with E-state index in [4.69, 9.17) is 8.83 Å². The third kappa shape index (κ3) is 3.30. The van der Waals surface area contributed by atoms with Crippen molar-refractivity contribution in [3.63, 3.8) is 0 Å². The molecule has 0 radical (unpaired) electrons. The van der Waals surface area contributed by atoms with E-state index in [9.17, 15) is 4.79 Å². The Hall–Kier alpha value is -2.81. The largest absolute Gasteiger partial charge is 0.465 e. The van der Waals surface area contributed by atoms with Crippen molar-refractivity contribution in [2.45, 2.75) is 26.7 Å². The van der Waals surface area contributed by atoms with Crippen LogP contribution in [-0.2, 0) is 4.79 Å². The van der Waals surface area contributed by atoms with Crippen LogP contribution in [0.15, 0.2) is 81.6 Å². The molecule has 2 heterocycles. The van der Waals surface area contributed by atoms with Crippen molar-refractivity contribution in [1.29, 1.82) is 0 Å². The lowest BCUT2D eigenvalue weighted by atomic mass is 9.61. The molecule has 27 heavy (non-hydrogen) atoms. The molecule has 0 spiro atoms. The molecule has 2 bridgehead atoms. The third-order valence-electron chi connectivity index (χ3n) is 5.96. The maximum absolute atomic E-state index is 12.8. The highest BCUT2D eigenvalue weighted by Gasteiger charge is 2.54. The average molecular weight is 360 g/mol. The van der Waals surface area contributed by atoms with Crippen LogP contribution in [0, 0.1) is 16.7 Å². The second-order valence-electron chi connectivity index (χ2n) is 7.95. The van der Waals surface area contributed by atoms with E-state index in [1.54, 1.807) is 12.5 Å². The minimum absolute atomic E-state index is 0.0548. The number of carbonyl (C=O) groups is 1. The summed E-state index contributed by atoms with van der Waals surface area (Å²) in [5.41, 5.74) is 0.823. The number of hydrogen-bond donors (Lipinski definition) is 0. The summed E-state index contributed by atoms with van der Waals surface area (Å²) in [4.78, 5) is 12.8. The molecule has 4 rings (SSSR count). The molecule has 3 heteroatoms. The van der Waals surface area contributed by atoms with Crippen LogP contribution in [0.5, 0.6) is 0 Å². The average Bonchev–Trinajstić information content (AvgIpc) is 3.36. The maximum Gasteiger partial charge on any atom is 0.143 e. The van der Waals surface area contributed by atoms with E-state index in [-0.39, 0.29) is 16.7 Å². The quantitative estimate of drug-likeness (QED) is 0.606. The lowest BCUT2D eigenvalue weighted by Gasteiger charge is -2.41. The Kier molecular flexibility index (Phi) is 4.39. The fourth-order valence-electron chi connectivity index (χ4n) is 4.42. The van der Waals surface area contributed by atoms with Crippen molar-refractivity contribution in [2.75, 3.05) is 0 Å². The number of fused-ring (bicyclic) bond motifs is 2. The van der Waals surface area contributed by atoms with Crippen molar-refractivity contribution >= 4 is 17.9 Å². The minimum atomic E-state index is -0.353. The van der Waals surface area contributed by atoms with Gasteiger partial charge >= 0.3 is 0 Å². The number of hydrogen-bond acceptors (Lipinski definition) is 3. The molecule has 0 unspecified atom stereocenters. The van der Waals surface area contributed by atoms with Crippen LogP contribution in [0.25, 0.3) is 12.2 Å². The zero-order valence-electron chi connectivity index (χ0n) is 15.7. The van der Waals surface area contributed by atoms with Crippen molar-refractivity contribution in [2.24, 2.45) is 16.7 Å². The van der Waals surface area contributed by atoms with Gasteiger partial charge in [0.1, 0.15) is 17.3 Å². The van der Waals surface area contributed by atoms with Gasteiger partial charge in [0, 0.05) is 17.3 Å². The summed E-state index contributed by atoms with van der Waals surface area (Å²) in [6.07, 6.45) is 19.1. The second-order valence-corrected chi connectivity index (χ2v) is 7.95.